The topological polar surface area (TPSA) is 86.5 Å². The van der Waals surface area contributed by atoms with E-state index in [4.69, 9.17) is 10.5 Å². The number of carbonyl (C=O) groups is 1. The first kappa shape index (κ1) is 20.6. The molecule has 1 saturated carbocycles. The fourth-order valence-electron chi connectivity index (χ4n) is 4.00. The molecule has 0 bridgehead atoms. The van der Waals surface area contributed by atoms with Crippen LogP contribution in [-0.2, 0) is 25.8 Å². The third kappa shape index (κ3) is 3.25. The number of nitrogens with two attached hydrogens (primary N) is 1. The second-order valence-corrected chi connectivity index (χ2v) is 9.39. The number of esters is 1. The molecular weight excluding hydrogens is 374 g/mol. The van der Waals surface area contributed by atoms with Crippen LogP contribution in [0.1, 0.15) is 36.5 Å². The summed E-state index contributed by atoms with van der Waals surface area (Å²) in [4.78, 5) is 13.0. The third-order valence-corrected chi connectivity index (χ3v) is 7.97. The van der Waals surface area contributed by atoms with Gasteiger partial charge in [0.2, 0.25) is 0 Å². The maximum atomic E-state index is 13.4. The van der Waals surface area contributed by atoms with Crippen molar-refractivity contribution in [1.82, 2.24) is 0 Å². The fourth-order valence-corrected chi connectivity index (χ4v) is 6.38. The van der Waals surface area contributed by atoms with E-state index in [1.165, 1.54) is 0 Å². The van der Waals surface area contributed by atoms with E-state index in [0.29, 0.717) is 0 Å². The van der Waals surface area contributed by atoms with Gasteiger partial charge >= 0.3 is 5.97 Å². The van der Waals surface area contributed by atoms with Crippen molar-refractivity contribution < 1.29 is 17.9 Å². The Morgan fingerprint density at radius 1 is 1.07 bits per heavy atom. The van der Waals surface area contributed by atoms with E-state index in [1.54, 1.807) is 31.2 Å². The summed E-state index contributed by atoms with van der Waals surface area (Å²) in [6.45, 7) is 5.76. The van der Waals surface area contributed by atoms with E-state index >= 15 is 0 Å². The Hall–Kier alpha value is -2.18. The minimum Gasteiger partial charge on any atom is -0.465 e. The molecule has 0 unspecified atom stereocenters. The van der Waals surface area contributed by atoms with Crippen LogP contribution in [0.2, 0.25) is 0 Å². The van der Waals surface area contributed by atoms with E-state index in [-0.39, 0.29) is 18.0 Å². The first-order chi connectivity index (χ1) is 13.3. The van der Waals surface area contributed by atoms with Gasteiger partial charge in [-0.05, 0) is 43.5 Å². The van der Waals surface area contributed by atoms with Crippen molar-refractivity contribution in [3.8, 4) is 0 Å². The van der Waals surface area contributed by atoms with Gasteiger partial charge in [-0.2, -0.15) is 0 Å². The standard InChI is InChI=1S/C22H27NO4S/c1-4-16-8-10-17(11-9-16)19-20(22(19,14-23)21(24)27-5-2)28(25,26)18-12-6-15(3)7-13-18/h6-13,19-20H,4-5,14,23H2,1-3H3/t19-,20-,22-/m0/s1. The Kier molecular flexibility index (Phi) is 5.64. The molecule has 0 amide bonds. The number of sulfone groups is 1. The van der Waals surface area contributed by atoms with Crippen molar-refractivity contribution in [3.63, 3.8) is 0 Å². The van der Waals surface area contributed by atoms with Gasteiger partial charge in [0.1, 0.15) is 5.41 Å². The first-order valence-electron chi connectivity index (χ1n) is 9.59. The van der Waals surface area contributed by atoms with E-state index in [9.17, 15) is 13.2 Å². The number of rotatable bonds is 7. The summed E-state index contributed by atoms with van der Waals surface area (Å²) >= 11 is 0. The molecule has 6 heteroatoms. The van der Waals surface area contributed by atoms with Crippen LogP contribution in [-0.4, -0.2) is 32.8 Å². The number of benzene rings is 2. The molecule has 2 aromatic carbocycles. The van der Waals surface area contributed by atoms with Crippen molar-refractivity contribution >= 4 is 15.8 Å². The van der Waals surface area contributed by atoms with Crippen LogP contribution in [0.5, 0.6) is 0 Å². The highest BCUT2D eigenvalue weighted by atomic mass is 32.2. The number of aryl methyl sites for hydroxylation is 2. The highest BCUT2D eigenvalue weighted by Gasteiger charge is 2.75. The third-order valence-electron chi connectivity index (χ3n) is 5.68. The van der Waals surface area contributed by atoms with Crippen molar-refractivity contribution in [2.45, 2.75) is 43.3 Å². The molecule has 0 aromatic heterocycles. The second kappa shape index (κ2) is 7.68. The molecule has 0 spiro atoms. The van der Waals surface area contributed by atoms with Crippen LogP contribution in [0.4, 0.5) is 0 Å². The Labute approximate surface area is 166 Å². The molecule has 5 nitrogen and oxygen atoms in total. The van der Waals surface area contributed by atoms with Gasteiger partial charge in [-0.25, -0.2) is 8.42 Å². The predicted octanol–water partition coefficient (Wildman–Crippen LogP) is 3.01. The first-order valence-corrected chi connectivity index (χ1v) is 11.1. The molecule has 1 fully saturated rings. The van der Waals surface area contributed by atoms with Gasteiger partial charge in [0.15, 0.2) is 9.84 Å². The lowest BCUT2D eigenvalue weighted by Crippen LogP contribution is -2.33. The minimum absolute atomic E-state index is 0.0816. The number of hydrogen-bond acceptors (Lipinski definition) is 5. The summed E-state index contributed by atoms with van der Waals surface area (Å²) in [6.07, 6.45) is 0.885. The molecule has 0 heterocycles. The monoisotopic (exact) mass is 401 g/mol. The van der Waals surface area contributed by atoms with Gasteiger partial charge in [0.05, 0.1) is 16.8 Å². The largest absolute Gasteiger partial charge is 0.465 e. The van der Waals surface area contributed by atoms with Crippen LogP contribution in [0, 0.1) is 12.3 Å². The fraction of sp³-hybridized carbons (Fsp3) is 0.409. The lowest BCUT2D eigenvalue weighted by molar-refractivity contribution is -0.149. The van der Waals surface area contributed by atoms with Crippen molar-refractivity contribution in [2.24, 2.45) is 11.1 Å². The van der Waals surface area contributed by atoms with E-state index in [1.807, 2.05) is 31.2 Å². The molecule has 2 aromatic rings. The smallest absolute Gasteiger partial charge is 0.315 e. The molecule has 2 N–H and O–H groups in total. The van der Waals surface area contributed by atoms with E-state index in [0.717, 1.165) is 23.1 Å². The SMILES string of the molecule is CCOC(=O)[C@@]1(CN)[C@@H](c2ccc(CC)cc2)[C@@H]1S(=O)(=O)c1ccc(C)cc1. The van der Waals surface area contributed by atoms with Crippen LogP contribution < -0.4 is 5.73 Å². The van der Waals surface area contributed by atoms with Gasteiger partial charge in [-0.3, -0.25) is 4.79 Å². The molecule has 0 saturated heterocycles. The minimum atomic E-state index is -3.76. The molecule has 3 atom stereocenters. The highest BCUT2D eigenvalue weighted by molar-refractivity contribution is 7.92. The van der Waals surface area contributed by atoms with Crippen LogP contribution in [0.3, 0.4) is 0 Å². The normalized spacial score (nSPS) is 24.0. The predicted molar refractivity (Wildman–Crippen MR) is 109 cm³/mol. The second-order valence-electron chi connectivity index (χ2n) is 7.32. The summed E-state index contributed by atoms with van der Waals surface area (Å²) in [5, 5.41) is -0.931. The zero-order valence-corrected chi connectivity index (χ0v) is 17.3. The Bertz CT molecular complexity index is 951. The van der Waals surface area contributed by atoms with Crippen molar-refractivity contribution in [3.05, 3.63) is 65.2 Å². The Morgan fingerprint density at radius 2 is 1.68 bits per heavy atom. The molecule has 150 valence electrons. The maximum absolute atomic E-state index is 13.4. The van der Waals surface area contributed by atoms with E-state index in [2.05, 4.69) is 6.92 Å². The van der Waals surface area contributed by atoms with Gasteiger partial charge in [-0.15, -0.1) is 0 Å². The average Bonchev–Trinajstić information content (AvgIpc) is 3.40. The highest BCUT2D eigenvalue weighted by Crippen LogP contribution is 2.64. The van der Waals surface area contributed by atoms with Gasteiger partial charge in [0, 0.05) is 12.5 Å². The van der Waals surface area contributed by atoms with Crippen LogP contribution in [0.25, 0.3) is 0 Å². The zero-order valence-electron chi connectivity index (χ0n) is 16.5. The maximum Gasteiger partial charge on any atom is 0.315 e. The van der Waals surface area contributed by atoms with Gasteiger partial charge < -0.3 is 10.5 Å². The Balaban J connectivity index is 2.09. The lowest BCUT2D eigenvalue weighted by atomic mass is 9.98. The quantitative estimate of drug-likeness (QED) is 0.721. The number of carbonyl (C=O) groups excluding carboxylic acids is 1. The molecule has 0 aliphatic heterocycles. The molecule has 1 aliphatic rings. The molecular formula is C22H27NO4S. The summed E-state index contributed by atoms with van der Waals surface area (Å²) in [7, 11) is -3.76. The van der Waals surface area contributed by atoms with Crippen molar-refractivity contribution in [1.29, 1.82) is 0 Å². The van der Waals surface area contributed by atoms with Crippen LogP contribution >= 0.6 is 0 Å². The summed E-state index contributed by atoms with van der Waals surface area (Å²) in [6, 6.07) is 14.4. The van der Waals surface area contributed by atoms with Gasteiger partial charge in [0.25, 0.3) is 0 Å². The molecule has 28 heavy (non-hydrogen) atoms. The number of hydrogen-bond donors (Lipinski definition) is 1. The lowest BCUT2D eigenvalue weighted by Gasteiger charge is -2.14. The summed E-state index contributed by atoms with van der Waals surface area (Å²) in [5.41, 5.74) is 7.67. The average molecular weight is 402 g/mol. The van der Waals surface area contributed by atoms with Crippen LogP contribution in [0.15, 0.2) is 53.4 Å². The van der Waals surface area contributed by atoms with Gasteiger partial charge in [-0.1, -0.05) is 48.9 Å². The molecule has 0 radical (unpaired) electrons. The molecule has 1 aliphatic carbocycles. The zero-order chi connectivity index (χ0) is 20.5. The summed E-state index contributed by atoms with van der Waals surface area (Å²) < 4.78 is 32.1. The number of ether oxygens (including phenoxy) is 1. The Morgan fingerprint density at radius 3 is 2.18 bits per heavy atom. The molecule has 3 rings (SSSR count). The van der Waals surface area contributed by atoms with E-state index < -0.39 is 32.4 Å². The summed E-state index contributed by atoms with van der Waals surface area (Å²) in [5.74, 6) is -1.06. The van der Waals surface area contributed by atoms with Crippen molar-refractivity contribution in [2.75, 3.05) is 13.2 Å².